The van der Waals surface area contributed by atoms with E-state index in [0.29, 0.717) is 35.5 Å². The fraction of sp³-hybridized carbons (Fsp3) is 0.429. The molecule has 1 aromatic carbocycles. The topological polar surface area (TPSA) is 71.3 Å². The van der Waals surface area contributed by atoms with Crippen LogP contribution in [-0.2, 0) is 0 Å². The number of likely N-dealkylation sites (tertiary alicyclic amines) is 2. The summed E-state index contributed by atoms with van der Waals surface area (Å²) in [5, 5.41) is 5.38. The number of aromatic nitrogens is 3. The first-order valence-corrected chi connectivity index (χ1v) is 13.3. The number of carbonyl (C=O) groups is 2. The van der Waals surface area contributed by atoms with Gasteiger partial charge in [0.25, 0.3) is 11.8 Å². The van der Waals surface area contributed by atoms with E-state index in [1.807, 2.05) is 22.1 Å². The SMILES string of the molecule is O=C(c1ccc(Cl)cc1)N1CCC(n2ncc(C(=O)N3CCC(c4cccnc4)C3)c2C2CC2)CC1. The molecule has 1 unspecified atom stereocenters. The number of hydrogen-bond donors (Lipinski definition) is 0. The van der Waals surface area contributed by atoms with E-state index < -0.39 is 0 Å². The molecule has 2 aliphatic heterocycles. The second-order valence-corrected chi connectivity index (χ2v) is 10.7. The van der Waals surface area contributed by atoms with Crippen molar-refractivity contribution in [2.75, 3.05) is 26.2 Å². The van der Waals surface area contributed by atoms with Crippen LogP contribution in [0.1, 0.15) is 82.0 Å². The van der Waals surface area contributed by atoms with Crippen LogP contribution in [-0.4, -0.2) is 62.6 Å². The van der Waals surface area contributed by atoms with E-state index in [9.17, 15) is 9.59 Å². The minimum atomic E-state index is 0.0427. The monoisotopic (exact) mass is 503 g/mol. The van der Waals surface area contributed by atoms with E-state index in [1.165, 1.54) is 5.56 Å². The molecule has 1 aliphatic carbocycles. The Balaban J connectivity index is 1.14. The third-order valence-corrected chi connectivity index (χ3v) is 8.10. The predicted molar refractivity (Wildman–Crippen MR) is 137 cm³/mol. The minimum Gasteiger partial charge on any atom is -0.338 e. The Labute approximate surface area is 216 Å². The van der Waals surface area contributed by atoms with Crippen molar-refractivity contribution in [1.29, 1.82) is 0 Å². The summed E-state index contributed by atoms with van der Waals surface area (Å²) in [6.07, 6.45) is 10.3. The summed E-state index contributed by atoms with van der Waals surface area (Å²) in [6, 6.07) is 11.3. The maximum absolute atomic E-state index is 13.6. The number of halogens is 1. The molecule has 1 saturated carbocycles. The number of carbonyl (C=O) groups excluding carboxylic acids is 2. The van der Waals surface area contributed by atoms with Crippen LogP contribution < -0.4 is 0 Å². The molecule has 1 atom stereocenters. The highest BCUT2D eigenvalue weighted by Gasteiger charge is 2.38. The zero-order chi connectivity index (χ0) is 24.6. The number of nitrogens with zero attached hydrogens (tertiary/aromatic N) is 5. The average Bonchev–Trinajstić information content (AvgIpc) is 3.46. The Morgan fingerprint density at radius 3 is 2.28 bits per heavy atom. The van der Waals surface area contributed by atoms with Crippen molar-refractivity contribution < 1.29 is 9.59 Å². The van der Waals surface area contributed by atoms with Crippen LogP contribution in [0.25, 0.3) is 0 Å². The molecular formula is C28H30ClN5O2. The molecule has 6 rings (SSSR count). The summed E-state index contributed by atoms with van der Waals surface area (Å²) in [5.41, 5.74) is 3.74. The van der Waals surface area contributed by atoms with Crippen LogP contribution in [0.5, 0.6) is 0 Å². The van der Waals surface area contributed by atoms with E-state index in [2.05, 4.69) is 15.7 Å². The first kappa shape index (κ1) is 23.2. The summed E-state index contributed by atoms with van der Waals surface area (Å²) in [5.74, 6) is 0.896. The molecule has 3 fully saturated rings. The number of benzene rings is 1. The first-order valence-electron chi connectivity index (χ1n) is 12.9. The van der Waals surface area contributed by atoms with E-state index in [4.69, 9.17) is 16.7 Å². The molecule has 3 aromatic rings. The lowest BCUT2D eigenvalue weighted by Gasteiger charge is -2.33. The second kappa shape index (κ2) is 9.69. The normalized spacial score (nSPS) is 20.6. The summed E-state index contributed by atoms with van der Waals surface area (Å²) in [4.78, 5) is 34.6. The lowest BCUT2D eigenvalue weighted by atomic mass is 10.0. The summed E-state index contributed by atoms with van der Waals surface area (Å²) in [7, 11) is 0. The number of pyridine rings is 1. The van der Waals surface area contributed by atoms with Crippen LogP contribution in [0.3, 0.4) is 0 Å². The van der Waals surface area contributed by atoms with Gasteiger partial charge in [-0.25, -0.2) is 0 Å². The first-order chi connectivity index (χ1) is 17.6. The van der Waals surface area contributed by atoms with Gasteiger partial charge in [-0.05, 0) is 68.0 Å². The smallest absolute Gasteiger partial charge is 0.257 e. The van der Waals surface area contributed by atoms with Crippen LogP contribution in [0.2, 0.25) is 5.02 Å². The molecule has 4 heterocycles. The highest BCUT2D eigenvalue weighted by Crippen LogP contribution is 2.44. The van der Waals surface area contributed by atoms with Crippen molar-refractivity contribution in [3.8, 4) is 0 Å². The lowest BCUT2D eigenvalue weighted by Crippen LogP contribution is -2.39. The van der Waals surface area contributed by atoms with Gasteiger partial charge >= 0.3 is 0 Å². The van der Waals surface area contributed by atoms with E-state index in [0.717, 1.165) is 56.5 Å². The Kier molecular flexibility index (Phi) is 6.25. The fourth-order valence-corrected chi connectivity index (χ4v) is 5.81. The molecule has 0 radical (unpaired) electrons. The van der Waals surface area contributed by atoms with Crippen LogP contribution in [0.4, 0.5) is 0 Å². The standard InChI is InChI=1S/C28H30ClN5O2/c29-23-7-5-20(6-8-23)27(35)32-14-10-24(11-15-32)34-26(19-3-4-19)25(17-31-34)28(36)33-13-9-22(18-33)21-2-1-12-30-16-21/h1-2,5-8,12,16-17,19,22,24H,3-4,9-11,13-15,18H2. The molecular weight excluding hydrogens is 474 g/mol. The van der Waals surface area contributed by atoms with Gasteiger partial charge in [0.2, 0.25) is 0 Å². The Bertz CT molecular complexity index is 1250. The third kappa shape index (κ3) is 4.52. The molecule has 36 heavy (non-hydrogen) atoms. The Morgan fingerprint density at radius 2 is 1.58 bits per heavy atom. The van der Waals surface area contributed by atoms with E-state index in [1.54, 1.807) is 36.7 Å². The Hall–Kier alpha value is -3.19. The zero-order valence-corrected chi connectivity index (χ0v) is 21.0. The van der Waals surface area contributed by atoms with Crippen LogP contribution in [0.15, 0.2) is 55.0 Å². The summed E-state index contributed by atoms with van der Waals surface area (Å²) < 4.78 is 2.11. The average molecular weight is 504 g/mol. The number of rotatable bonds is 5. The van der Waals surface area contributed by atoms with Crippen molar-refractivity contribution in [1.82, 2.24) is 24.6 Å². The summed E-state index contributed by atoms with van der Waals surface area (Å²) >= 11 is 5.97. The predicted octanol–water partition coefficient (Wildman–Crippen LogP) is 4.92. The molecule has 0 N–H and O–H groups in total. The molecule has 0 spiro atoms. The van der Waals surface area contributed by atoms with Crippen molar-refractivity contribution in [3.63, 3.8) is 0 Å². The third-order valence-electron chi connectivity index (χ3n) is 7.85. The maximum Gasteiger partial charge on any atom is 0.257 e. The van der Waals surface area contributed by atoms with Gasteiger partial charge in [-0.2, -0.15) is 5.10 Å². The quantitative estimate of drug-likeness (QED) is 0.495. The Morgan fingerprint density at radius 1 is 0.833 bits per heavy atom. The van der Waals surface area contributed by atoms with Gasteiger partial charge in [0.05, 0.1) is 23.5 Å². The highest BCUT2D eigenvalue weighted by atomic mass is 35.5. The summed E-state index contributed by atoms with van der Waals surface area (Å²) in [6.45, 7) is 2.85. The van der Waals surface area contributed by atoms with Crippen LogP contribution >= 0.6 is 11.6 Å². The number of hydrogen-bond acceptors (Lipinski definition) is 4. The van der Waals surface area contributed by atoms with E-state index in [-0.39, 0.29) is 17.9 Å². The van der Waals surface area contributed by atoms with Gasteiger partial charge in [0.1, 0.15) is 0 Å². The minimum absolute atomic E-state index is 0.0427. The number of piperidine rings is 1. The van der Waals surface area contributed by atoms with Gasteiger partial charge in [0.15, 0.2) is 0 Å². The van der Waals surface area contributed by atoms with Crippen molar-refractivity contribution >= 4 is 23.4 Å². The zero-order valence-electron chi connectivity index (χ0n) is 20.2. The van der Waals surface area contributed by atoms with Gasteiger partial charge in [-0.3, -0.25) is 19.3 Å². The number of amides is 2. The van der Waals surface area contributed by atoms with E-state index >= 15 is 0 Å². The van der Waals surface area contributed by atoms with Crippen molar-refractivity contribution in [2.24, 2.45) is 0 Å². The maximum atomic E-state index is 13.6. The molecule has 2 saturated heterocycles. The van der Waals surface area contributed by atoms with Gasteiger partial charge in [0, 0.05) is 61.0 Å². The lowest BCUT2D eigenvalue weighted by molar-refractivity contribution is 0.0689. The second-order valence-electron chi connectivity index (χ2n) is 10.2. The molecule has 3 aliphatic rings. The molecule has 0 bridgehead atoms. The molecule has 7 nitrogen and oxygen atoms in total. The van der Waals surface area contributed by atoms with Gasteiger partial charge < -0.3 is 9.80 Å². The van der Waals surface area contributed by atoms with Crippen LogP contribution in [0, 0.1) is 0 Å². The largest absolute Gasteiger partial charge is 0.338 e. The molecule has 2 amide bonds. The fourth-order valence-electron chi connectivity index (χ4n) is 5.68. The van der Waals surface area contributed by atoms with Crippen molar-refractivity contribution in [3.05, 3.63) is 82.4 Å². The molecule has 186 valence electrons. The van der Waals surface area contributed by atoms with Crippen molar-refractivity contribution in [2.45, 2.75) is 50.0 Å². The highest BCUT2D eigenvalue weighted by molar-refractivity contribution is 6.30. The van der Waals surface area contributed by atoms with Gasteiger partial charge in [-0.1, -0.05) is 17.7 Å². The van der Waals surface area contributed by atoms with Gasteiger partial charge in [-0.15, -0.1) is 0 Å². The molecule has 8 heteroatoms. The molecule has 2 aromatic heterocycles.